The van der Waals surface area contributed by atoms with Crippen molar-refractivity contribution in [3.8, 4) is 5.69 Å². The van der Waals surface area contributed by atoms with Gasteiger partial charge in [-0.2, -0.15) is 0 Å². The summed E-state index contributed by atoms with van der Waals surface area (Å²) in [6.45, 7) is 3.98. The molecule has 1 heterocycles. The lowest BCUT2D eigenvalue weighted by atomic mass is 10.2. The van der Waals surface area contributed by atoms with E-state index >= 15 is 0 Å². The first-order valence-corrected chi connectivity index (χ1v) is 4.78. The number of hydrogen-bond acceptors (Lipinski definition) is 2. The normalized spacial score (nSPS) is 10.3. The monoisotopic (exact) mass is 200 g/mol. The van der Waals surface area contributed by atoms with Gasteiger partial charge in [-0.25, -0.2) is 4.98 Å². The first kappa shape index (κ1) is 9.65. The van der Waals surface area contributed by atoms with Crippen molar-refractivity contribution in [2.45, 2.75) is 13.8 Å². The SMILES string of the molecule is Cc1ncn(-c2cccc(C=O)c2)c1C. The second kappa shape index (κ2) is 3.69. The second-order valence-corrected chi connectivity index (χ2v) is 3.50. The number of benzene rings is 1. The molecular weight excluding hydrogens is 188 g/mol. The van der Waals surface area contributed by atoms with E-state index in [2.05, 4.69) is 4.98 Å². The van der Waals surface area contributed by atoms with Gasteiger partial charge in [0.05, 0.1) is 12.0 Å². The smallest absolute Gasteiger partial charge is 0.150 e. The molecule has 76 valence electrons. The van der Waals surface area contributed by atoms with Crippen molar-refractivity contribution in [1.29, 1.82) is 0 Å². The van der Waals surface area contributed by atoms with Gasteiger partial charge in [0.15, 0.2) is 0 Å². The van der Waals surface area contributed by atoms with Crippen LogP contribution in [0.1, 0.15) is 21.7 Å². The van der Waals surface area contributed by atoms with Crippen LogP contribution in [-0.2, 0) is 0 Å². The van der Waals surface area contributed by atoms with Gasteiger partial charge in [-0.3, -0.25) is 4.79 Å². The van der Waals surface area contributed by atoms with Gasteiger partial charge in [-0.15, -0.1) is 0 Å². The van der Waals surface area contributed by atoms with Gasteiger partial charge in [0.25, 0.3) is 0 Å². The van der Waals surface area contributed by atoms with Gasteiger partial charge in [-0.1, -0.05) is 12.1 Å². The third kappa shape index (κ3) is 1.68. The summed E-state index contributed by atoms with van der Waals surface area (Å²) in [5.74, 6) is 0. The van der Waals surface area contributed by atoms with Gasteiger partial charge >= 0.3 is 0 Å². The molecule has 0 fully saturated rings. The molecule has 0 amide bonds. The maximum absolute atomic E-state index is 10.7. The van der Waals surface area contributed by atoms with Crippen molar-refractivity contribution in [3.63, 3.8) is 0 Å². The van der Waals surface area contributed by atoms with E-state index in [1.165, 1.54) is 0 Å². The predicted octanol–water partition coefficient (Wildman–Crippen LogP) is 2.30. The molecule has 15 heavy (non-hydrogen) atoms. The topological polar surface area (TPSA) is 34.9 Å². The van der Waals surface area contributed by atoms with Crippen molar-refractivity contribution in [3.05, 3.63) is 47.5 Å². The van der Waals surface area contributed by atoms with Crippen LogP contribution in [0.15, 0.2) is 30.6 Å². The highest BCUT2D eigenvalue weighted by molar-refractivity contribution is 5.75. The highest BCUT2D eigenvalue weighted by Gasteiger charge is 2.04. The molecule has 0 spiro atoms. The van der Waals surface area contributed by atoms with E-state index < -0.39 is 0 Å². The van der Waals surface area contributed by atoms with Gasteiger partial charge in [0.2, 0.25) is 0 Å². The molecule has 1 aromatic heterocycles. The summed E-state index contributed by atoms with van der Waals surface area (Å²) in [5.41, 5.74) is 3.75. The summed E-state index contributed by atoms with van der Waals surface area (Å²) < 4.78 is 1.97. The average molecular weight is 200 g/mol. The number of imidazole rings is 1. The highest BCUT2D eigenvalue weighted by atomic mass is 16.1. The van der Waals surface area contributed by atoms with Crippen LogP contribution in [0.4, 0.5) is 0 Å². The fourth-order valence-electron chi connectivity index (χ4n) is 1.51. The maximum Gasteiger partial charge on any atom is 0.150 e. The third-order valence-corrected chi connectivity index (χ3v) is 2.54. The Bertz CT molecular complexity index is 500. The Morgan fingerprint density at radius 1 is 1.33 bits per heavy atom. The number of carbonyl (C=O) groups is 1. The molecule has 0 saturated heterocycles. The fraction of sp³-hybridized carbons (Fsp3) is 0.167. The molecule has 0 radical (unpaired) electrons. The van der Waals surface area contributed by atoms with Crippen LogP contribution < -0.4 is 0 Å². The van der Waals surface area contributed by atoms with Crippen LogP contribution in [0.2, 0.25) is 0 Å². The Labute approximate surface area is 88.4 Å². The Balaban J connectivity index is 2.53. The zero-order valence-electron chi connectivity index (χ0n) is 8.77. The van der Waals surface area contributed by atoms with Gasteiger partial charge in [0, 0.05) is 16.9 Å². The fourth-order valence-corrected chi connectivity index (χ4v) is 1.51. The van der Waals surface area contributed by atoms with E-state index in [-0.39, 0.29) is 0 Å². The van der Waals surface area contributed by atoms with Gasteiger partial charge < -0.3 is 4.57 Å². The molecular formula is C12H12N2O. The van der Waals surface area contributed by atoms with Gasteiger partial charge in [0.1, 0.15) is 6.29 Å². The summed E-state index contributed by atoms with van der Waals surface area (Å²) in [6.07, 6.45) is 2.62. The van der Waals surface area contributed by atoms with E-state index in [0.29, 0.717) is 5.56 Å². The molecule has 0 aliphatic heterocycles. The highest BCUT2D eigenvalue weighted by Crippen LogP contribution is 2.14. The van der Waals surface area contributed by atoms with Gasteiger partial charge in [-0.05, 0) is 26.0 Å². The van der Waals surface area contributed by atoms with E-state index in [1.807, 2.05) is 36.6 Å². The lowest BCUT2D eigenvalue weighted by Crippen LogP contribution is -1.96. The van der Waals surface area contributed by atoms with Crippen LogP contribution in [0.25, 0.3) is 5.69 Å². The minimum atomic E-state index is 0.679. The molecule has 0 N–H and O–H groups in total. The van der Waals surface area contributed by atoms with E-state index in [1.54, 1.807) is 12.4 Å². The number of aromatic nitrogens is 2. The number of carbonyl (C=O) groups excluding carboxylic acids is 1. The standard InChI is InChI=1S/C12H12N2O/c1-9-10(2)14(8-13-9)12-5-3-4-11(6-12)7-15/h3-8H,1-2H3. The van der Waals surface area contributed by atoms with Crippen molar-refractivity contribution in [2.75, 3.05) is 0 Å². The first-order chi connectivity index (χ1) is 7.22. The van der Waals surface area contributed by atoms with E-state index in [4.69, 9.17) is 0 Å². The molecule has 0 aliphatic carbocycles. The number of nitrogens with zero attached hydrogens (tertiary/aromatic N) is 2. The first-order valence-electron chi connectivity index (χ1n) is 4.78. The lowest BCUT2D eigenvalue weighted by molar-refractivity contribution is 0.112. The molecule has 0 bridgehead atoms. The van der Waals surface area contributed by atoms with E-state index in [9.17, 15) is 4.79 Å². The predicted molar refractivity (Wildman–Crippen MR) is 58.4 cm³/mol. The van der Waals surface area contributed by atoms with Crippen molar-refractivity contribution < 1.29 is 4.79 Å². The zero-order valence-corrected chi connectivity index (χ0v) is 8.77. The zero-order chi connectivity index (χ0) is 10.8. The Morgan fingerprint density at radius 2 is 2.13 bits per heavy atom. The van der Waals surface area contributed by atoms with Crippen LogP contribution in [0.5, 0.6) is 0 Å². The summed E-state index contributed by atoms with van der Waals surface area (Å²) in [4.78, 5) is 14.9. The summed E-state index contributed by atoms with van der Waals surface area (Å²) in [7, 11) is 0. The average Bonchev–Trinajstić information content (AvgIpc) is 2.60. The number of rotatable bonds is 2. The van der Waals surface area contributed by atoms with Crippen molar-refractivity contribution >= 4 is 6.29 Å². The van der Waals surface area contributed by atoms with Crippen LogP contribution in [0, 0.1) is 13.8 Å². The Kier molecular flexibility index (Phi) is 2.37. The molecule has 0 saturated carbocycles. The summed E-state index contributed by atoms with van der Waals surface area (Å²) >= 11 is 0. The third-order valence-electron chi connectivity index (χ3n) is 2.54. The minimum Gasteiger partial charge on any atom is -0.303 e. The number of aryl methyl sites for hydroxylation is 1. The number of aldehydes is 1. The summed E-state index contributed by atoms with van der Waals surface area (Å²) in [5, 5.41) is 0. The molecule has 1 aromatic carbocycles. The molecule has 3 nitrogen and oxygen atoms in total. The molecule has 0 atom stereocenters. The summed E-state index contributed by atoms with van der Waals surface area (Å²) in [6, 6.07) is 7.46. The van der Waals surface area contributed by atoms with Crippen molar-refractivity contribution in [1.82, 2.24) is 9.55 Å². The molecule has 2 rings (SSSR count). The Hall–Kier alpha value is -1.90. The molecule has 0 aliphatic rings. The largest absolute Gasteiger partial charge is 0.303 e. The molecule has 0 unspecified atom stereocenters. The number of hydrogen-bond donors (Lipinski definition) is 0. The molecule has 3 heteroatoms. The van der Waals surface area contributed by atoms with Crippen molar-refractivity contribution in [2.24, 2.45) is 0 Å². The lowest BCUT2D eigenvalue weighted by Gasteiger charge is -2.05. The Morgan fingerprint density at radius 3 is 2.73 bits per heavy atom. The minimum absolute atomic E-state index is 0.679. The van der Waals surface area contributed by atoms with Crippen LogP contribution >= 0.6 is 0 Å². The molecule has 2 aromatic rings. The second-order valence-electron chi connectivity index (χ2n) is 3.50. The van der Waals surface area contributed by atoms with Crippen LogP contribution in [0.3, 0.4) is 0 Å². The van der Waals surface area contributed by atoms with Crippen LogP contribution in [-0.4, -0.2) is 15.8 Å². The maximum atomic E-state index is 10.7. The van der Waals surface area contributed by atoms with E-state index in [0.717, 1.165) is 23.4 Å². The quantitative estimate of drug-likeness (QED) is 0.697.